The highest BCUT2D eigenvalue weighted by atomic mass is 16.2. The van der Waals surface area contributed by atoms with E-state index in [0.29, 0.717) is 12.6 Å². The summed E-state index contributed by atoms with van der Waals surface area (Å²) in [6.07, 6.45) is 2.11. The van der Waals surface area contributed by atoms with Crippen LogP contribution in [0.2, 0.25) is 0 Å². The van der Waals surface area contributed by atoms with Crippen molar-refractivity contribution in [3.8, 4) is 0 Å². The molecule has 2 heterocycles. The fraction of sp³-hybridized carbons (Fsp3) is 0.250. The highest BCUT2D eigenvalue weighted by Gasteiger charge is 2.28. The number of anilines is 1. The Morgan fingerprint density at radius 2 is 1.87 bits per heavy atom. The Balaban J connectivity index is 1.75. The number of carbonyl (C=O) groups excluding carboxylic acids is 1. The predicted octanol–water partition coefficient (Wildman–Crippen LogP) is 4.69. The van der Waals surface area contributed by atoms with E-state index < -0.39 is 0 Å². The average molecular weight is 304 g/mol. The van der Waals surface area contributed by atoms with Crippen molar-refractivity contribution in [2.75, 3.05) is 4.90 Å². The van der Waals surface area contributed by atoms with E-state index >= 15 is 0 Å². The molecular formula is C20H20N2O. The smallest absolute Gasteiger partial charge is 0.258 e. The Bertz CT molecular complexity index is 921. The van der Waals surface area contributed by atoms with Gasteiger partial charge in [-0.25, -0.2) is 0 Å². The summed E-state index contributed by atoms with van der Waals surface area (Å²) in [7, 11) is 0. The first-order valence-corrected chi connectivity index (χ1v) is 8.06. The minimum absolute atomic E-state index is 0.103. The van der Waals surface area contributed by atoms with Gasteiger partial charge in [-0.3, -0.25) is 4.79 Å². The molecule has 3 heteroatoms. The molecule has 0 spiro atoms. The Kier molecular flexibility index (Phi) is 3.05. The molecule has 0 saturated carbocycles. The summed E-state index contributed by atoms with van der Waals surface area (Å²) in [4.78, 5) is 14.6. The van der Waals surface area contributed by atoms with E-state index in [-0.39, 0.29) is 5.91 Å². The fourth-order valence-electron chi connectivity index (χ4n) is 3.39. The van der Waals surface area contributed by atoms with E-state index in [4.69, 9.17) is 0 Å². The van der Waals surface area contributed by atoms with Crippen LogP contribution in [0.3, 0.4) is 0 Å². The number of aromatic nitrogens is 1. The third-order valence-corrected chi connectivity index (χ3v) is 4.64. The van der Waals surface area contributed by atoms with Gasteiger partial charge in [-0.15, -0.1) is 0 Å². The van der Waals surface area contributed by atoms with Crippen LogP contribution in [0.4, 0.5) is 5.69 Å². The summed E-state index contributed by atoms with van der Waals surface area (Å²) in [5.41, 5.74) is 5.26. The summed E-state index contributed by atoms with van der Waals surface area (Å²) in [6.45, 7) is 7.04. The average Bonchev–Trinajstić information content (AvgIpc) is 3.08. The first-order chi connectivity index (χ1) is 11.0. The number of aryl methyl sites for hydroxylation is 1. The lowest BCUT2D eigenvalue weighted by Crippen LogP contribution is -2.22. The van der Waals surface area contributed by atoms with Crippen LogP contribution in [0.15, 0.2) is 48.7 Å². The van der Waals surface area contributed by atoms with Crippen LogP contribution in [0.25, 0.3) is 10.9 Å². The summed E-state index contributed by atoms with van der Waals surface area (Å²) in [5.74, 6) is 0.103. The van der Waals surface area contributed by atoms with Crippen molar-refractivity contribution in [3.63, 3.8) is 0 Å². The summed E-state index contributed by atoms with van der Waals surface area (Å²) in [6, 6.07) is 15.0. The summed E-state index contributed by atoms with van der Waals surface area (Å²) >= 11 is 0. The van der Waals surface area contributed by atoms with Crippen molar-refractivity contribution >= 4 is 22.5 Å². The van der Waals surface area contributed by atoms with Gasteiger partial charge in [-0.05, 0) is 56.7 Å². The number of fused-ring (bicyclic) bond motifs is 2. The van der Waals surface area contributed by atoms with Crippen LogP contribution in [-0.4, -0.2) is 10.5 Å². The Morgan fingerprint density at radius 1 is 1.04 bits per heavy atom. The molecule has 116 valence electrons. The Morgan fingerprint density at radius 3 is 2.65 bits per heavy atom. The van der Waals surface area contributed by atoms with Crippen molar-refractivity contribution in [1.29, 1.82) is 0 Å². The largest absolute Gasteiger partial charge is 0.345 e. The van der Waals surface area contributed by atoms with E-state index in [0.717, 1.165) is 22.4 Å². The number of benzene rings is 2. The molecule has 1 aliphatic heterocycles. The number of hydrogen-bond donors (Lipinski definition) is 0. The molecule has 23 heavy (non-hydrogen) atoms. The fourth-order valence-corrected chi connectivity index (χ4v) is 3.39. The van der Waals surface area contributed by atoms with Crippen LogP contribution in [0.1, 0.15) is 41.4 Å². The van der Waals surface area contributed by atoms with Gasteiger partial charge in [0.25, 0.3) is 5.91 Å². The van der Waals surface area contributed by atoms with Gasteiger partial charge >= 0.3 is 0 Å². The molecular weight excluding hydrogens is 284 g/mol. The molecule has 4 rings (SSSR count). The van der Waals surface area contributed by atoms with Crippen LogP contribution in [0.5, 0.6) is 0 Å². The van der Waals surface area contributed by atoms with Crippen LogP contribution in [-0.2, 0) is 6.54 Å². The molecule has 0 aliphatic carbocycles. The maximum Gasteiger partial charge on any atom is 0.258 e. The molecule has 1 aromatic heterocycles. The molecule has 0 unspecified atom stereocenters. The van der Waals surface area contributed by atoms with Crippen molar-refractivity contribution in [2.24, 2.45) is 0 Å². The van der Waals surface area contributed by atoms with Crippen LogP contribution in [0, 0.1) is 6.92 Å². The van der Waals surface area contributed by atoms with Gasteiger partial charge in [0, 0.05) is 34.4 Å². The monoisotopic (exact) mass is 304 g/mol. The Hall–Kier alpha value is -2.55. The van der Waals surface area contributed by atoms with Gasteiger partial charge in [0.2, 0.25) is 0 Å². The lowest BCUT2D eigenvalue weighted by molar-refractivity contribution is 0.0996. The van der Waals surface area contributed by atoms with E-state index in [1.54, 1.807) is 0 Å². The molecule has 2 aromatic carbocycles. The second-order valence-corrected chi connectivity index (χ2v) is 6.61. The predicted molar refractivity (Wildman–Crippen MR) is 94.0 cm³/mol. The van der Waals surface area contributed by atoms with Gasteiger partial charge in [-0.2, -0.15) is 0 Å². The van der Waals surface area contributed by atoms with Crippen molar-refractivity contribution in [1.82, 2.24) is 4.57 Å². The molecule has 1 aliphatic rings. The molecule has 0 fully saturated rings. The van der Waals surface area contributed by atoms with Crippen molar-refractivity contribution < 1.29 is 4.79 Å². The minimum Gasteiger partial charge on any atom is -0.345 e. The standard InChI is InChI=1S/C20H20N2O/c1-13(2)21-9-8-15-11-17(6-7-19(15)21)22-12-16-5-4-14(3)10-18(16)20(22)23/h4-11,13H,12H2,1-3H3. The Labute approximate surface area is 136 Å². The van der Waals surface area contributed by atoms with Gasteiger partial charge < -0.3 is 9.47 Å². The van der Waals surface area contributed by atoms with E-state index in [1.165, 1.54) is 10.9 Å². The number of rotatable bonds is 2. The van der Waals surface area contributed by atoms with Gasteiger partial charge in [-0.1, -0.05) is 17.7 Å². The second kappa shape index (κ2) is 4.98. The maximum atomic E-state index is 12.7. The first kappa shape index (κ1) is 14.1. The van der Waals surface area contributed by atoms with E-state index in [1.807, 2.05) is 17.9 Å². The topological polar surface area (TPSA) is 25.2 Å². The van der Waals surface area contributed by atoms with Crippen LogP contribution >= 0.6 is 0 Å². The van der Waals surface area contributed by atoms with Gasteiger partial charge in [0.15, 0.2) is 0 Å². The molecule has 0 bridgehead atoms. The summed E-state index contributed by atoms with van der Waals surface area (Å²) in [5, 5.41) is 1.18. The molecule has 3 aromatic rings. The third kappa shape index (κ3) is 2.15. The number of amides is 1. The number of nitrogens with zero attached hydrogens (tertiary/aromatic N) is 2. The molecule has 0 radical (unpaired) electrons. The molecule has 1 amide bonds. The highest BCUT2D eigenvalue weighted by Crippen LogP contribution is 2.31. The highest BCUT2D eigenvalue weighted by molar-refractivity contribution is 6.10. The number of carbonyl (C=O) groups is 1. The minimum atomic E-state index is 0.103. The zero-order valence-corrected chi connectivity index (χ0v) is 13.7. The van der Waals surface area contributed by atoms with Gasteiger partial charge in [0.1, 0.15) is 0 Å². The second-order valence-electron chi connectivity index (χ2n) is 6.61. The first-order valence-electron chi connectivity index (χ1n) is 8.06. The quantitative estimate of drug-likeness (QED) is 0.674. The normalized spacial score (nSPS) is 14.1. The zero-order valence-electron chi connectivity index (χ0n) is 13.7. The maximum absolute atomic E-state index is 12.7. The molecule has 0 N–H and O–H groups in total. The van der Waals surface area contributed by atoms with Gasteiger partial charge in [0.05, 0.1) is 6.54 Å². The molecule has 0 atom stereocenters. The van der Waals surface area contributed by atoms with E-state index in [2.05, 4.69) is 61.0 Å². The molecule has 3 nitrogen and oxygen atoms in total. The third-order valence-electron chi connectivity index (χ3n) is 4.64. The zero-order chi connectivity index (χ0) is 16.1. The lowest BCUT2D eigenvalue weighted by Gasteiger charge is -2.16. The number of hydrogen-bond acceptors (Lipinski definition) is 1. The van der Waals surface area contributed by atoms with E-state index in [9.17, 15) is 4.79 Å². The lowest BCUT2D eigenvalue weighted by atomic mass is 10.1. The van der Waals surface area contributed by atoms with Crippen molar-refractivity contribution in [2.45, 2.75) is 33.4 Å². The SMILES string of the molecule is Cc1ccc2c(c1)C(=O)N(c1ccc3c(ccn3C(C)C)c1)C2. The van der Waals surface area contributed by atoms with Crippen molar-refractivity contribution in [3.05, 3.63) is 65.4 Å². The molecule has 0 saturated heterocycles. The van der Waals surface area contributed by atoms with Crippen LogP contribution < -0.4 is 4.90 Å². The summed E-state index contributed by atoms with van der Waals surface area (Å²) < 4.78 is 2.25.